The van der Waals surface area contributed by atoms with Crippen molar-refractivity contribution >= 4 is 40.1 Å². The van der Waals surface area contributed by atoms with E-state index in [0.717, 1.165) is 30.0 Å². The first-order valence-corrected chi connectivity index (χ1v) is 14.0. The van der Waals surface area contributed by atoms with Gasteiger partial charge in [0.25, 0.3) is 0 Å². The molecule has 1 fully saturated rings. The predicted octanol–water partition coefficient (Wildman–Crippen LogP) is 4.74. The van der Waals surface area contributed by atoms with Crippen molar-refractivity contribution in [1.82, 2.24) is 14.5 Å². The smallest absolute Gasteiger partial charge is 0.390 e. The summed E-state index contributed by atoms with van der Waals surface area (Å²) in [5.41, 5.74) is -1.69. The Hall–Kier alpha value is -2.64. The fourth-order valence-electron chi connectivity index (χ4n) is 5.70. The van der Waals surface area contributed by atoms with Crippen molar-refractivity contribution < 1.29 is 27.8 Å². The van der Waals surface area contributed by atoms with E-state index in [9.17, 15) is 32.6 Å². The highest BCUT2D eigenvalue weighted by Crippen LogP contribution is 2.48. The lowest BCUT2D eigenvalue weighted by molar-refractivity contribution is -0.137. The summed E-state index contributed by atoms with van der Waals surface area (Å²) in [6.07, 6.45) is -5.35. The summed E-state index contributed by atoms with van der Waals surface area (Å²) < 4.78 is 59.3. The zero-order valence-corrected chi connectivity index (χ0v) is 23.2. The third kappa shape index (κ3) is 5.00. The Labute approximate surface area is 236 Å². The third-order valence-electron chi connectivity index (χ3n) is 7.33. The van der Waals surface area contributed by atoms with Gasteiger partial charge in [0.05, 0.1) is 28.8 Å². The van der Waals surface area contributed by atoms with Crippen LogP contribution in [0.15, 0.2) is 46.6 Å². The fraction of sp³-hybridized carbons (Fsp3) is 0.407. The van der Waals surface area contributed by atoms with Crippen molar-refractivity contribution in [2.75, 3.05) is 23.7 Å². The minimum Gasteiger partial charge on any atom is -0.390 e. The molecular weight excluding hydrogens is 572 g/mol. The second-order valence-electron chi connectivity index (χ2n) is 10.1. The molecule has 13 heteroatoms. The van der Waals surface area contributed by atoms with Gasteiger partial charge in [-0.15, -0.1) is 11.8 Å². The molecule has 0 saturated carbocycles. The molecule has 0 radical (unpaired) electrons. The molecule has 2 aliphatic heterocycles. The summed E-state index contributed by atoms with van der Waals surface area (Å²) in [4.78, 5) is 21.3. The highest BCUT2D eigenvalue weighted by Gasteiger charge is 2.40. The monoisotopic (exact) mass is 598 g/mol. The van der Waals surface area contributed by atoms with Crippen LogP contribution in [0, 0.1) is 5.82 Å². The maximum absolute atomic E-state index is 14.7. The normalized spacial score (nSPS) is 22.8. The van der Waals surface area contributed by atoms with E-state index in [2.05, 4.69) is 11.6 Å². The van der Waals surface area contributed by atoms with Crippen molar-refractivity contribution in [2.45, 2.75) is 55.9 Å². The van der Waals surface area contributed by atoms with Gasteiger partial charge in [0, 0.05) is 46.8 Å². The summed E-state index contributed by atoms with van der Waals surface area (Å²) in [5.74, 6) is -0.655. The van der Waals surface area contributed by atoms with E-state index in [1.54, 1.807) is 4.90 Å². The Morgan fingerprint density at radius 2 is 1.88 bits per heavy atom. The van der Waals surface area contributed by atoms with Gasteiger partial charge in [-0.1, -0.05) is 24.2 Å². The fourth-order valence-corrected chi connectivity index (χ4v) is 7.07. The molecule has 1 aromatic heterocycles. The number of thioether (sulfide) groups is 1. The van der Waals surface area contributed by atoms with Gasteiger partial charge in [-0.25, -0.2) is 9.18 Å². The van der Waals surface area contributed by atoms with Crippen molar-refractivity contribution in [3.8, 4) is 11.1 Å². The number of aromatic nitrogens is 2. The zero-order valence-electron chi connectivity index (χ0n) is 21.6. The molecule has 2 unspecified atom stereocenters. The number of alkyl halides is 3. The molecular formula is C27H27ClF4N4O3S. The Bertz CT molecular complexity index is 1540. The van der Waals surface area contributed by atoms with Crippen LogP contribution in [0.4, 0.5) is 23.4 Å². The Balaban J connectivity index is 1.82. The zero-order chi connectivity index (χ0) is 29.1. The van der Waals surface area contributed by atoms with Crippen LogP contribution in [0.25, 0.3) is 22.0 Å². The van der Waals surface area contributed by atoms with E-state index in [0.29, 0.717) is 0 Å². The van der Waals surface area contributed by atoms with Crippen molar-refractivity contribution in [3.63, 3.8) is 0 Å². The highest BCUT2D eigenvalue weighted by molar-refractivity contribution is 7.99. The second-order valence-corrected chi connectivity index (χ2v) is 11.6. The molecule has 0 bridgehead atoms. The molecule has 3 heterocycles. The van der Waals surface area contributed by atoms with Crippen molar-refractivity contribution in [1.29, 1.82) is 0 Å². The lowest BCUT2D eigenvalue weighted by atomic mass is 9.96. The average Bonchev–Trinajstić information content (AvgIpc) is 3.06. The number of aliphatic hydroxyl groups excluding tert-OH is 2. The Morgan fingerprint density at radius 1 is 1.20 bits per heavy atom. The number of aliphatic hydroxyl groups is 2. The molecule has 7 nitrogen and oxygen atoms in total. The van der Waals surface area contributed by atoms with E-state index >= 15 is 0 Å². The Kier molecular flexibility index (Phi) is 7.68. The summed E-state index contributed by atoms with van der Waals surface area (Å²) >= 11 is 6.96. The molecule has 0 aliphatic carbocycles. The van der Waals surface area contributed by atoms with Crippen LogP contribution >= 0.6 is 23.4 Å². The molecule has 4 atom stereocenters. The number of benzene rings is 2. The first-order chi connectivity index (χ1) is 18.8. The number of rotatable bonds is 4. The molecule has 0 spiro atoms. The third-order valence-corrected chi connectivity index (χ3v) is 8.86. The molecule has 214 valence electrons. The average molecular weight is 599 g/mol. The van der Waals surface area contributed by atoms with Crippen LogP contribution in [-0.2, 0) is 12.7 Å². The number of anilines is 1. The van der Waals surface area contributed by atoms with Gasteiger partial charge in [0.1, 0.15) is 17.9 Å². The lowest BCUT2D eigenvalue weighted by Crippen LogP contribution is -2.60. The van der Waals surface area contributed by atoms with Crippen LogP contribution in [0.1, 0.15) is 19.4 Å². The molecule has 5 rings (SSSR count). The van der Waals surface area contributed by atoms with Crippen LogP contribution in [0.3, 0.4) is 0 Å². The summed E-state index contributed by atoms with van der Waals surface area (Å²) in [7, 11) is 0. The first-order valence-electron chi connectivity index (χ1n) is 12.6. The van der Waals surface area contributed by atoms with Crippen LogP contribution in [-0.4, -0.2) is 67.9 Å². The highest BCUT2D eigenvalue weighted by atomic mass is 35.5. The summed E-state index contributed by atoms with van der Waals surface area (Å²) in [6.45, 7) is 7.78. The molecule has 0 amide bonds. The first kappa shape index (κ1) is 28.9. The van der Waals surface area contributed by atoms with Crippen molar-refractivity contribution in [3.05, 3.63) is 63.8 Å². The van der Waals surface area contributed by atoms with Gasteiger partial charge in [0.15, 0.2) is 0 Å². The van der Waals surface area contributed by atoms with Gasteiger partial charge in [-0.05, 0) is 43.7 Å². The maximum atomic E-state index is 14.7. The van der Waals surface area contributed by atoms with Crippen LogP contribution in [0.2, 0.25) is 5.02 Å². The number of hydrogen-bond donors (Lipinski definition) is 2. The number of nitrogens with zero attached hydrogens (tertiary/aromatic N) is 4. The SMILES string of the molecule is C=CC(O)N1[C@H](C)CN(c2nc(=O)n3c4c(c(-c5ccc(F)c(Cl)c5)c(C(F)(F)F)cc24)SCC(O)C3)C[C@@H]1C. The van der Waals surface area contributed by atoms with E-state index in [-0.39, 0.29) is 75.2 Å². The van der Waals surface area contributed by atoms with Gasteiger partial charge in [0.2, 0.25) is 0 Å². The molecule has 2 aromatic carbocycles. The largest absolute Gasteiger partial charge is 0.417 e. The van der Waals surface area contributed by atoms with E-state index in [1.165, 1.54) is 16.7 Å². The quantitative estimate of drug-likeness (QED) is 0.332. The number of piperazine rings is 1. The topological polar surface area (TPSA) is 81.8 Å². The maximum Gasteiger partial charge on any atom is 0.417 e. The second kappa shape index (κ2) is 10.6. The van der Waals surface area contributed by atoms with Crippen LogP contribution in [0.5, 0.6) is 0 Å². The molecule has 2 aliphatic rings. The molecule has 2 N–H and O–H groups in total. The Morgan fingerprint density at radius 3 is 2.48 bits per heavy atom. The van der Waals surface area contributed by atoms with E-state index < -0.39 is 35.6 Å². The summed E-state index contributed by atoms with van der Waals surface area (Å²) in [5, 5.41) is 20.7. The van der Waals surface area contributed by atoms with E-state index in [4.69, 9.17) is 11.6 Å². The molecule has 40 heavy (non-hydrogen) atoms. The molecule has 3 aromatic rings. The van der Waals surface area contributed by atoms with Gasteiger partial charge in [-0.2, -0.15) is 18.2 Å². The van der Waals surface area contributed by atoms with Crippen LogP contribution < -0.4 is 10.6 Å². The van der Waals surface area contributed by atoms with E-state index in [1.807, 2.05) is 18.7 Å². The van der Waals surface area contributed by atoms with Gasteiger partial charge < -0.3 is 15.1 Å². The van der Waals surface area contributed by atoms with Crippen molar-refractivity contribution in [2.24, 2.45) is 0 Å². The summed E-state index contributed by atoms with van der Waals surface area (Å²) in [6, 6.07) is 3.82. The molecule has 1 saturated heterocycles. The van der Waals surface area contributed by atoms with Gasteiger partial charge in [-0.3, -0.25) is 9.47 Å². The minimum atomic E-state index is -4.82. The lowest BCUT2D eigenvalue weighted by Gasteiger charge is -2.46. The van der Waals surface area contributed by atoms with Gasteiger partial charge >= 0.3 is 11.9 Å². The number of hydrogen-bond acceptors (Lipinski definition) is 7. The standard InChI is InChI=1S/C27H27ClF4N4O3S/c1-4-21(38)36-13(2)9-34(10-14(36)3)25-17-8-18(27(30,31)32)22(15-5-6-20(29)19(28)7-15)24-23(17)35(26(39)33-25)11-16(37)12-40-24/h4-8,13-14,16,21,37-38H,1,9-12H2,2-3H3/t13-,14+,16?,21?. The number of halogens is 5. The predicted molar refractivity (Wildman–Crippen MR) is 147 cm³/mol. The minimum absolute atomic E-state index is 0.0287.